The summed E-state index contributed by atoms with van der Waals surface area (Å²) >= 11 is 0. The van der Waals surface area contributed by atoms with Gasteiger partial charge in [-0.3, -0.25) is 0 Å². The van der Waals surface area contributed by atoms with Gasteiger partial charge in [-0.25, -0.2) is 0 Å². The quantitative estimate of drug-likeness (QED) is 0.756. The Morgan fingerprint density at radius 3 is 2.93 bits per heavy atom. The first-order valence-electron chi connectivity index (χ1n) is 5.27. The molecule has 1 aromatic heterocycles. The first-order valence-corrected chi connectivity index (χ1v) is 5.27. The van der Waals surface area contributed by atoms with Crippen molar-refractivity contribution in [1.82, 2.24) is 5.16 Å². The second-order valence-electron chi connectivity index (χ2n) is 3.80. The molecule has 0 unspecified atom stereocenters. The molecule has 2 heteroatoms. The maximum Gasteiger partial charge on any atom is 0.167 e. The zero-order valence-corrected chi connectivity index (χ0v) is 9.21. The molecule has 2 aromatic rings. The van der Waals surface area contributed by atoms with Crippen LogP contribution in [0.1, 0.15) is 30.2 Å². The van der Waals surface area contributed by atoms with Crippen LogP contribution in [-0.4, -0.2) is 5.16 Å². The fraction of sp³-hybridized carbons (Fsp3) is 0.308. The molecular weight excluding hydrogens is 186 g/mol. The van der Waals surface area contributed by atoms with Crippen molar-refractivity contribution in [3.05, 3.63) is 35.5 Å². The van der Waals surface area contributed by atoms with E-state index in [1.54, 1.807) is 6.08 Å². The number of fused-ring (bicyclic) bond motifs is 1. The average molecular weight is 201 g/mol. The van der Waals surface area contributed by atoms with Crippen molar-refractivity contribution in [2.75, 3.05) is 0 Å². The first kappa shape index (κ1) is 9.97. The van der Waals surface area contributed by atoms with E-state index in [1.165, 1.54) is 11.1 Å². The van der Waals surface area contributed by atoms with Crippen LogP contribution in [0.25, 0.3) is 17.0 Å². The van der Waals surface area contributed by atoms with E-state index in [-0.39, 0.29) is 0 Å². The topological polar surface area (TPSA) is 26.0 Å². The molecule has 0 aliphatic heterocycles. The van der Waals surface area contributed by atoms with Crippen molar-refractivity contribution in [1.29, 1.82) is 0 Å². The number of aromatic nitrogens is 1. The van der Waals surface area contributed by atoms with Gasteiger partial charge in [0.25, 0.3) is 0 Å². The van der Waals surface area contributed by atoms with Crippen LogP contribution in [0.2, 0.25) is 0 Å². The van der Waals surface area contributed by atoms with E-state index in [2.05, 4.69) is 37.7 Å². The molecule has 78 valence electrons. The van der Waals surface area contributed by atoms with Gasteiger partial charge >= 0.3 is 0 Å². The number of aryl methyl sites for hydroxylation is 2. The Kier molecular flexibility index (Phi) is 2.58. The predicted octanol–water partition coefficient (Wildman–Crippen LogP) is 3.73. The highest BCUT2D eigenvalue weighted by atomic mass is 16.5. The average Bonchev–Trinajstić information content (AvgIpc) is 2.61. The third-order valence-corrected chi connectivity index (χ3v) is 2.67. The van der Waals surface area contributed by atoms with Crippen LogP contribution in [0, 0.1) is 6.92 Å². The van der Waals surface area contributed by atoms with E-state index in [1.807, 2.05) is 0 Å². The van der Waals surface area contributed by atoms with Crippen molar-refractivity contribution >= 4 is 17.0 Å². The van der Waals surface area contributed by atoms with Crippen molar-refractivity contribution < 1.29 is 4.52 Å². The van der Waals surface area contributed by atoms with Gasteiger partial charge in [-0.05, 0) is 42.7 Å². The van der Waals surface area contributed by atoms with E-state index >= 15 is 0 Å². The van der Waals surface area contributed by atoms with Gasteiger partial charge < -0.3 is 4.52 Å². The van der Waals surface area contributed by atoms with Crippen LogP contribution in [0.5, 0.6) is 0 Å². The third kappa shape index (κ3) is 1.67. The van der Waals surface area contributed by atoms with Crippen LogP contribution in [0.4, 0.5) is 0 Å². The van der Waals surface area contributed by atoms with E-state index < -0.39 is 0 Å². The van der Waals surface area contributed by atoms with Gasteiger partial charge in [-0.1, -0.05) is 25.1 Å². The monoisotopic (exact) mass is 201 g/mol. The molecule has 0 fully saturated rings. The molecule has 0 atom stereocenters. The molecule has 15 heavy (non-hydrogen) atoms. The Bertz CT molecular complexity index is 496. The van der Waals surface area contributed by atoms with Crippen molar-refractivity contribution in [3.63, 3.8) is 0 Å². The molecule has 0 spiro atoms. The standard InChI is InChI=1S/C13H15NO/c1-4-6-10-8-11-12(5-2)14-15-13(11)7-9(10)3/h5,7-8H,2,4,6H2,1,3H3. The molecule has 1 heterocycles. The van der Waals surface area contributed by atoms with Crippen LogP contribution >= 0.6 is 0 Å². The van der Waals surface area contributed by atoms with Gasteiger partial charge in [0.2, 0.25) is 0 Å². The molecule has 0 radical (unpaired) electrons. The van der Waals surface area contributed by atoms with E-state index in [0.717, 1.165) is 29.5 Å². The molecule has 0 bridgehead atoms. The SMILES string of the molecule is C=Cc1noc2cc(C)c(CCC)cc12. The summed E-state index contributed by atoms with van der Waals surface area (Å²) in [6, 6.07) is 4.22. The molecule has 0 saturated heterocycles. The third-order valence-electron chi connectivity index (χ3n) is 2.67. The highest BCUT2D eigenvalue weighted by Gasteiger charge is 2.08. The largest absolute Gasteiger partial charge is 0.356 e. The van der Waals surface area contributed by atoms with Gasteiger partial charge in [-0.15, -0.1) is 0 Å². The van der Waals surface area contributed by atoms with Crippen LogP contribution in [0.3, 0.4) is 0 Å². The van der Waals surface area contributed by atoms with Crippen LogP contribution < -0.4 is 0 Å². The molecule has 0 aliphatic rings. The Labute approximate surface area is 89.6 Å². The summed E-state index contributed by atoms with van der Waals surface area (Å²) in [6.07, 6.45) is 3.99. The Morgan fingerprint density at radius 2 is 2.27 bits per heavy atom. The smallest absolute Gasteiger partial charge is 0.167 e. The van der Waals surface area contributed by atoms with Crippen molar-refractivity contribution in [3.8, 4) is 0 Å². The minimum absolute atomic E-state index is 0.836. The highest BCUT2D eigenvalue weighted by molar-refractivity contribution is 5.86. The zero-order valence-electron chi connectivity index (χ0n) is 9.21. The fourth-order valence-electron chi connectivity index (χ4n) is 1.84. The van der Waals surface area contributed by atoms with Gasteiger partial charge in [0.1, 0.15) is 5.69 Å². The van der Waals surface area contributed by atoms with E-state index in [0.29, 0.717) is 0 Å². The number of nitrogens with zero attached hydrogens (tertiary/aromatic N) is 1. The summed E-state index contributed by atoms with van der Waals surface area (Å²) in [7, 11) is 0. The molecule has 2 nitrogen and oxygen atoms in total. The summed E-state index contributed by atoms with van der Waals surface area (Å²) in [6.45, 7) is 8.03. The minimum Gasteiger partial charge on any atom is -0.356 e. The number of hydrogen-bond acceptors (Lipinski definition) is 2. The predicted molar refractivity (Wildman–Crippen MR) is 62.8 cm³/mol. The lowest BCUT2D eigenvalue weighted by Gasteiger charge is -2.03. The lowest BCUT2D eigenvalue weighted by molar-refractivity contribution is 0.454. The number of benzene rings is 1. The summed E-state index contributed by atoms with van der Waals surface area (Å²) < 4.78 is 5.23. The Balaban J connectivity index is 2.63. The second-order valence-corrected chi connectivity index (χ2v) is 3.80. The van der Waals surface area contributed by atoms with Crippen LogP contribution in [0.15, 0.2) is 23.2 Å². The van der Waals surface area contributed by atoms with Gasteiger partial charge in [0.15, 0.2) is 5.58 Å². The highest BCUT2D eigenvalue weighted by Crippen LogP contribution is 2.24. The van der Waals surface area contributed by atoms with E-state index in [9.17, 15) is 0 Å². The second kappa shape index (κ2) is 3.89. The summed E-state index contributed by atoms with van der Waals surface area (Å²) in [5, 5.41) is 5.03. The molecule has 0 saturated carbocycles. The lowest BCUT2D eigenvalue weighted by Crippen LogP contribution is -1.88. The number of hydrogen-bond donors (Lipinski definition) is 0. The van der Waals surface area contributed by atoms with Crippen molar-refractivity contribution in [2.24, 2.45) is 0 Å². The molecule has 2 rings (SSSR count). The maximum atomic E-state index is 5.23. The van der Waals surface area contributed by atoms with Crippen molar-refractivity contribution in [2.45, 2.75) is 26.7 Å². The molecular formula is C13H15NO. The Hall–Kier alpha value is -1.57. The molecule has 1 aromatic carbocycles. The van der Waals surface area contributed by atoms with Gasteiger partial charge in [-0.2, -0.15) is 0 Å². The normalized spacial score (nSPS) is 10.8. The first-order chi connectivity index (χ1) is 7.26. The van der Waals surface area contributed by atoms with Gasteiger partial charge in [0.05, 0.1) is 0 Å². The minimum atomic E-state index is 0.836. The molecule has 0 aliphatic carbocycles. The Morgan fingerprint density at radius 1 is 1.47 bits per heavy atom. The van der Waals surface area contributed by atoms with E-state index in [4.69, 9.17) is 4.52 Å². The zero-order chi connectivity index (χ0) is 10.8. The van der Waals surface area contributed by atoms with Crippen LogP contribution in [-0.2, 0) is 6.42 Å². The maximum absolute atomic E-state index is 5.23. The molecule has 0 N–H and O–H groups in total. The summed E-state index contributed by atoms with van der Waals surface area (Å²) in [4.78, 5) is 0. The lowest BCUT2D eigenvalue weighted by atomic mass is 10.0. The van der Waals surface area contributed by atoms with Gasteiger partial charge in [0, 0.05) is 5.39 Å². The molecule has 0 amide bonds. The summed E-state index contributed by atoms with van der Waals surface area (Å²) in [5.41, 5.74) is 4.33. The fourth-order valence-corrected chi connectivity index (χ4v) is 1.84. The summed E-state index contributed by atoms with van der Waals surface area (Å²) in [5.74, 6) is 0. The number of rotatable bonds is 3.